The summed E-state index contributed by atoms with van der Waals surface area (Å²) in [4.78, 5) is 19.8. The number of aldehydes is 1. The van der Waals surface area contributed by atoms with Crippen molar-refractivity contribution in [2.45, 2.75) is 25.4 Å². The molecule has 0 aromatic carbocycles. The molecule has 4 rings (SSSR count). The van der Waals surface area contributed by atoms with Gasteiger partial charge in [-0.3, -0.25) is 14.8 Å². The van der Waals surface area contributed by atoms with Gasteiger partial charge in [-0.15, -0.1) is 0 Å². The van der Waals surface area contributed by atoms with Crippen LogP contribution in [-0.2, 0) is 9.47 Å². The fraction of sp³-hybridized carbons (Fsp3) is 0.391. The second-order valence-electron chi connectivity index (χ2n) is 7.11. The number of hydrogen-bond donors (Lipinski definition) is 1. The summed E-state index contributed by atoms with van der Waals surface area (Å²) in [6.45, 7) is 2.50. The predicted octanol–water partition coefficient (Wildman–Crippen LogP) is 2.99. The highest BCUT2D eigenvalue weighted by Crippen LogP contribution is 2.23. The molecule has 2 aromatic heterocycles. The first-order chi connectivity index (χ1) is 15.2. The van der Waals surface area contributed by atoms with Crippen molar-refractivity contribution >= 4 is 18.2 Å². The van der Waals surface area contributed by atoms with Gasteiger partial charge in [-0.25, -0.2) is 4.68 Å². The summed E-state index contributed by atoms with van der Waals surface area (Å²) >= 11 is 0. The average molecular weight is 424 g/mol. The maximum atomic E-state index is 11.1. The van der Waals surface area contributed by atoms with Gasteiger partial charge in [-0.05, 0) is 50.2 Å². The molecular weight excluding hydrogens is 394 g/mol. The molecule has 4 heterocycles. The summed E-state index contributed by atoms with van der Waals surface area (Å²) in [5, 5.41) is 7.45. The molecule has 1 unspecified atom stereocenters. The summed E-state index contributed by atoms with van der Waals surface area (Å²) in [6, 6.07) is 7.36. The monoisotopic (exact) mass is 423 g/mol. The van der Waals surface area contributed by atoms with Crippen LogP contribution >= 0.6 is 0 Å². The van der Waals surface area contributed by atoms with E-state index in [1.807, 2.05) is 43.6 Å². The molecule has 0 bridgehead atoms. The number of carbonyl (C=O) groups is 1. The highest BCUT2D eigenvalue weighted by atomic mass is 16.5. The average Bonchev–Trinajstić information content (AvgIpc) is 3.45. The zero-order valence-electron chi connectivity index (χ0n) is 18.0. The van der Waals surface area contributed by atoms with Gasteiger partial charge in [0.05, 0.1) is 31.1 Å². The molecule has 2 aliphatic heterocycles. The van der Waals surface area contributed by atoms with Crippen molar-refractivity contribution < 1.29 is 14.3 Å². The van der Waals surface area contributed by atoms with Crippen LogP contribution in [0.3, 0.4) is 0 Å². The lowest BCUT2D eigenvalue weighted by atomic mass is 10.2. The molecule has 0 saturated carbocycles. The third kappa shape index (κ3) is 6.44. The van der Waals surface area contributed by atoms with Crippen LogP contribution in [0.1, 0.15) is 29.8 Å². The van der Waals surface area contributed by atoms with Crippen LogP contribution in [-0.4, -0.2) is 67.2 Å². The zero-order valence-corrected chi connectivity index (χ0v) is 18.0. The number of nitrogens with one attached hydrogen (secondary N) is 1. The molecule has 1 fully saturated rings. The molecular formula is C23H29N5O3. The molecule has 1 atom stereocenters. The lowest BCUT2D eigenvalue weighted by molar-refractivity contribution is 0.111. The van der Waals surface area contributed by atoms with Crippen molar-refractivity contribution in [2.75, 3.05) is 33.9 Å². The molecule has 0 amide bonds. The Balaban J connectivity index is 0.000000287. The first-order valence-corrected chi connectivity index (χ1v) is 10.4. The summed E-state index contributed by atoms with van der Waals surface area (Å²) < 4.78 is 12.3. The molecule has 1 N–H and O–H groups in total. The van der Waals surface area contributed by atoms with Crippen molar-refractivity contribution in [1.29, 1.82) is 0 Å². The number of aromatic nitrogens is 3. The zero-order chi connectivity index (χ0) is 21.9. The van der Waals surface area contributed by atoms with Crippen LogP contribution in [0.5, 0.6) is 0 Å². The second-order valence-corrected chi connectivity index (χ2v) is 7.11. The van der Waals surface area contributed by atoms with E-state index in [0.29, 0.717) is 24.8 Å². The number of ether oxygens (including phenoxy) is 2. The topological polar surface area (TPSA) is 90.6 Å². The Bertz CT molecular complexity index is 928. The van der Waals surface area contributed by atoms with E-state index in [-0.39, 0.29) is 0 Å². The van der Waals surface area contributed by atoms with Gasteiger partial charge in [0.15, 0.2) is 6.29 Å². The van der Waals surface area contributed by atoms with Crippen LogP contribution in [0.4, 0.5) is 0 Å². The van der Waals surface area contributed by atoms with E-state index in [4.69, 9.17) is 9.47 Å². The van der Waals surface area contributed by atoms with E-state index in [9.17, 15) is 4.79 Å². The van der Waals surface area contributed by atoms with Crippen molar-refractivity contribution in [3.63, 3.8) is 0 Å². The van der Waals surface area contributed by atoms with Gasteiger partial charge in [0, 0.05) is 37.7 Å². The van der Waals surface area contributed by atoms with Gasteiger partial charge >= 0.3 is 0 Å². The summed E-state index contributed by atoms with van der Waals surface area (Å²) in [7, 11) is 3.58. The predicted molar refractivity (Wildman–Crippen MR) is 121 cm³/mol. The van der Waals surface area contributed by atoms with Crippen molar-refractivity contribution in [3.8, 4) is 11.4 Å². The Morgan fingerprint density at radius 1 is 1.35 bits per heavy atom. The minimum Gasteiger partial charge on any atom is -0.499 e. The molecule has 31 heavy (non-hydrogen) atoms. The normalized spacial score (nSPS) is 21.5. The van der Waals surface area contributed by atoms with Gasteiger partial charge in [0.25, 0.3) is 0 Å². The number of carbonyl (C=O) groups excluding carboxylic acids is 1. The lowest BCUT2D eigenvalue weighted by Crippen LogP contribution is -2.22. The lowest BCUT2D eigenvalue weighted by Gasteiger charge is -2.11. The number of likely N-dealkylation sites (N-methyl/N-ethyl adjacent to an activating group) is 1. The number of allylic oxidation sites excluding steroid dienone is 3. The Kier molecular flexibility index (Phi) is 8.69. The van der Waals surface area contributed by atoms with Crippen LogP contribution in [0.15, 0.2) is 53.4 Å². The van der Waals surface area contributed by atoms with Crippen LogP contribution in [0, 0.1) is 0 Å². The maximum absolute atomic E-state index is 11.1. The van der Waals surface area contributed by atoms with E-state index >= 15 is 0 Å². The Hall–Kier alpha value is -3.10. The number of hydrogen-bond acceptors (Lipinski definition) is 7. The fourth-order valence-corrected chi connectivity index (χ4v) is 3.32. The SMILES string of the molecule is CNCC1CCCO1.CO/C1=C/C=C(/n2nc(C=O)cc2-c2ccccn2)CC=NC1. The van der Waals surface area contributed by atoms with E-state index in [1.54, 1.807) is 24.1 Å². The Labute approximate surface area is 182 Å². The molecule has 2 aromatic rings. The highest BCUT2D eigenvalue weighted by molar-refractivity contribution is 5.79. The largest absolute Gasteiger partial charge is 0.499 e. The number of methoxy groups -OCH3 is 1. The van der Waals surface area contributed by atoms with Gasteiger partial charge < -0.3 is 14.8 Å². The van der Waals surface area contributed by atoms with Gasteiger partial charge in [0.2, 0.25) is 0 Å². The molecule has 0 radical (unpaired) electrons. The van der Waals surface area contributed by atoms with Crippen LogP contribution < -0.4 is 5.32 Å². The Morgan fingerprint density at radius 3 is 2.94 bits per heavy atom. The third-order valence-electron chi connectivity index (χ3n) is 4.90. The molecule has 164 valence electrons. The Morgan fingerprint density at radius 2 is 2.26 bits per heavy atom. The highest BCUT2D eigenvalue weighted by Gasteiger charge is 2.14. The van der Waals surface area contributed by atoms with Gasteiger partial charge in [-0.2, -0.15) is 5.10 Å². The van der Waals surface area contributed by atoms with Crippen molar-refractivity contribution in [2.24, 2.45) is 4.99 Å². The van der Waals surface area contributed by atoms with Crippen LogP contribution in [0.25, 0.3) is 17.1 Å². The minimum absolute atomic E-state index is 0.362. The van der Waals surface area contributed by atoms with Crippen molar-refractivity contribution in [1.82, 2.24) is 20.1 Å². The van der Waals surface area contributed by atoms with E-state index < -0.39 is 0 Å². The van der Waals surface area contributed by atoms with Crippen molar-refractivity contribution in [3.05, 3.63) is 54.1 Å². The standard InChI is InChI=1S/C17H16N4O2.C6H13NO/c1-23-15-6-5-14(7-9-18-11-15)21-17(10-13(12-22)20-21)16-4-2-3-8-19-16;1-7-5-6-3-2-4-8-6/h2-6,8-10,12H,7,11H2,1H3;6-7H,2-5H2,1H3/b14-5+,15-6+,18-9?;. The summed E-state index contributed by atoms with van der Waals surface area (Å²) in [5.74, 6) is 0.764. The first kappa shape index (κ1) is 22.6. The molecule has 8 heteroatoms. The quantitative estimate of drug-likeness (QED) is 0.719. The first-order valence-electron chi connectivity index (χ1n) is 10.4. The smallest absolute Gasteiger partial charge is 0.170 e. The molecule has 2 aliphatic rings. The number of rotatable bonds is 6. The van der Waals surface area contributed by atoms with E-state index in [0.717, 1.165) is 42.3 Å². The fourth-order valence-electron chi connectivity index (χ4n) is 3.32. The van der Waals surface area contributed by atoms with Crippen LogP contribution in [0.2, 0.25) is 0 Å². The van der Waals surface area contributed by atoms with Gasteiger partial charge in [0.1, 0.15) is 11.5 Å². The molecule has 1 saturated heterocycles. The molecule has 0 spiro atoms. The number of aliphatic imine (C=N–C) groups is 1. The summed E-state index contributed by atoms with van der Waals surface area (Å²) in [5.41, 5.74) is 2.77. The minimum atomic E-state index is 0.362. The van der Waals surface area contributed by atoms with E-state index in [2.05, 4.69) is 20.4 Å². The van der Waals surface area contributed by atoms with E-state index in [1.165, 1.54) is 12.8 Å². The maximum Gasteiger partial charge on any atom is 0.170 e. The molecule has 8 nitrogen and oxygen atoms in total. The van der Waals surface area contributed by atoms with Gasteiger partial charge in [-0.1, -0.05) is 6.07 Å². The molecule has 0 aliphatic carbocycles. The number of pyridine rings is 1. The number of nitrogens with zero attached hydrogens (tertiary/aromatic N) is 4. The summed E-state index contributed by atoms with van der Waals surface area (Å²) in [6.07, 6.45) is 11.7. The third-order valence-corrected chi connectivity index (χ3v) is 4.90. The second kappa shape index (κ2) is 11.9.